The maximum absolute atomic E-state index is 13.1. The standard InChI is InChI=1S/C19H23N3OS/c1-13(19(23)21-10-7-18-14(12-21)8-11-24-18)22-9-3-4-15-16(20)5-2-6-17(15)22/h2,5-6,8,11,13H,3-4,7,9-10,12,20H2,1H3. The third-order valence-electron chi connectivity index (χ3n) is 5.27. The van der Waals surface area contributed by atoms with Gasteiger partial charge in [0.2, 0.25) is 5.91 Å². The van der Waals surface area contributed by atoms with Gasteiger partial charge in [0, 0.05) is 35.9 Å². The number of amides is 1. The monoisotopic (exact) mass is 341 g/mol. The van der Waals surface area contributed by atoms with Crippen molar-refractivity contribution in [2.45, 2.75) is 38.8 Å². The van der Waals surface area contributed by atoms with Crippen LogP contribution in [0.15, 0.2) is 29.6 Å². The smallest absolute Gasteiger partial charge is 0.245 e. The molecule has 0 saturated heterocycles. The van der Waals surface area contributed by atoms with E-state index in [1.807, 2.05) is 24.0 Å². The minimum Gasteiger partial charge on any atom is -0.398 e. The van der Waals surface area contributed by atoms with Crippen LogP contribution in [0.4, 0.5) is 11.4 Å². The molecule has 2 aliphatic heterocycles. The summed E-state index contributed by atoms with van der Waals surface area (Å²) in [4.78, 5) is 18.8. The number of nitrogen functional groups attached to an aromatic ring is 1. The molecular formula is C19H23N3OS. The minimum absolute atomic E-state index is 0.147. The molecule has 0 bridgehead atoms. The molecule has 1 unspecified atom stereocenters. The lowest BCUT2D eigenvalue weighted by molar-refractivity contribution is -0.133. The van der Waals surface area contributed by atoms with Crippen LogP contribution in [-0.4, -0.2) is 29.9 Å². The Morgan fingerprint density at radius 1 is 1.25 bits per heavy atom. The first-order valence-corrected chi connectivity index (χ1v) is 9.51. The number of anilines is 2. The summed E-state index contributed by atoms with van der Waals surface area (Å²) in [5.74, 6) is 0.224. The van der Waals surface area contributed by atoms with Crippen LogP contribution >= 0.6 is 11.3 Å². The van der Waals surface area contributed by atoms with Gasteiger partial charge >= 0.3 is 0 Å². The minimum atomic E-state index is -0.147. The number of fused-ring (bicyclic) bond motifs is 2. The van der Waals surface area contributed by atoms with Gasteiger partial charge in [-0.15, -0.1) is 11.3 Å². The zero-order valence-corrected chi connectivity index (χ0v) is 14.8. The molecule has 4 nitrogen and oxygen atoms in total. The second-order valence-corrected chi connectivity index (χ2v) is 7.70. The van der Waals surface area contributed by atoms with Crippen LogP contribution < -0.4 is 10.6 Å². The molecule has 0 spiro atoms. The fourth-order valence-electron chi connectivity index (χ4n) is 3.92. The highest BCUT2D eigenvalue weighted by Crippen LogP contribution is 2.33. The lowest BCUT2D eigenvalue weighted by Crippen LogP contribution is -2.50. The molecule has 0 saturated carbocycles. The molecule has 0 radical (unpaired) electrons. The summed E-state index contributed by atoms with van der Waals surface area (Å²) >= 11 is 1.81. The molecule has 0 aliphatic carbocycles. The van der Waals surface area contributed by atoms with Crippen molar-refractivity contribution in [1.82, 2.24) is 4.90 Å². The Morgan fingerprint density at radius 3 is 3.00 bits per heavy atom. The second kappa shape index (κ2) is 6.13. The average Bonchev–Trinajstić information content (AvgIpc) is 3.08. The van der Waals surface area contributed by atoms with Crippen LogP contribution in [-0.2, 0) is 24.2 Å². The molecule has 2 aliphatic rings. The SMILES string of the molecule is CC(C(=O)N1CCc2sccc2C1)N1CCCc2c(N)cccc21. The van der Waals surface area contributed by atoms with E-state index in [0.29, 0.717) is 0 Å². The summed E-state index contributed by atoms with van der Waals surface area (Å²) in [6.45, 7) is 4.53. The fraction of sp³-hybridized carbons (Fsp3) is 0.421. The molecule has 24 heavy (non-hydrogen) atoms. The van der Waals surface area contributed by atoms with Gasteiger partial charge in [-0.3, -0.25) is 4.79 Å². The molecule has 1 atom stereocenters. The number of nitrogens with two attached hydrogens (primary N) is 1. The van der Waals surface area contributed by atoms with E-state index in [9.17, 15) is 4.79 Å². The predicted octanol–water partition coefficient (Wildman–Crippen LogP) is 3.06. The van der Waals surface area contributed by atoms with Crippen LogP contribution in [0, 0.1) is 0 Å². The van der Waals surface area contributed by atoms with E-state index in [0.717, 1.165) is 50.3 Å². The van der Waals surface area contributed by atoms with Gasteiger partial charge in [0.1, 0.15) is 6.04 Å². The first kappa shape index (κ1) is 15.5. The van der Waals surface area contributed by atoms with E-state index in [-0.39, 0.29) is 11.9 Å². The number of carbonyl (C=O) groups is 1. The Kier molecular flexibility index (Phi) is 3.96. The second-order valence-electron chi connectivity index (χ2n) is 6.70. The van der Waals surface area contributed by atoms with Gasteiger partial charge < -0.3 is 15.5 Å². The molecule has 5 heteroatoms. The van der Waals surface area contributed by atoms with E-state index < -0.39 is 0 Å². The summed E-state index contributed by atoms with van der Waals surface area (Å²) < 4.78 is 0. The Bertz CT molecular complexity index is 770. The summed E-state index contributed by atoms with van der Waals surface area (Å²) in [7, 11) is 0. The number of nitrogens with zero attached hydrogens (tertiary/aromatic N) is 2. The Hall–Kier alpha value is -2.01. The van der Waals surface area contributed by atoms with E-state index in [1.54, 1.807) is 11.3 Å². The first-order chi connectivity index (χ1) is 11.6. The van der Waals surface area contributed by atoms with Crippen molar-refractivity contribution in [3.8, 4) is 0 Å². The predicted molar refractivity (Wildman–Crippen MR) is 99.4 cm³/mol. The van der Waals surface area contributed by atoms with Crippen molar-refractivity contribution in [1.29, 1.82) is 0 Å². The zero-order valence-electron chi connectivity index (χ0n) is 14.0. The Balaban J connectivity index is 1.56. The molecular weight excluding hydrogens is 318 g/mol. The van der Waals surface area contributed by atoms with Crippen molar-refractivity contribution in [2.24, 2.45) is 0 Å². The van der Waals surface area contributed by atoms with Gasteiger partial charge in [-0.25, -0.2) is 0 Å². The molecule has 1 aromatic carbocycles. The highest BCUT2D eigenvalue weighted by molar-refractivity contribution is 7.10. The largest absolute Gasteiger partial charge is 0.398 e. The summed E-state index contributed by atoms with van der Waals surface area (Å²) in [5.41, 5.74) is 10.6. The summed E-state index contributed by atoms with van der Waals surface area (Å²) in [6.07, 6.45) is 3.03. The van der Waals surface area contributed by atoms with Crippen LogP contribution in [0.25, 0.3) is 0 Å². The Labute approximate surface area is 146 Å². The fourth-order valence-corrected chi connectivity index (χ4v) is 4.81. The highest BCUT2D eigenvalue weighted by Gasteiger charge is 2.31. The molecule has 1 amide bonds. The van der Waals surface area contributed by atoms with Gasteiger partial charge in [-0.1, -0.05) is 6.07 Å². The van der Waals surface area contributed by atoms with Crippen LogP contribution in [0.3, 0.4) is 0 Å². The van der Waals surface area contributed by atoms with Gasteiger partial charge in [0.25, 0.3) is 0 Å². The van der Waals surface area contributed by atoms with Gasteiger partial charge in [-0.05, 0) is 60.9 Å². The molecule has 126 valence electrons. The number of thiophene rings is 1. The van der Waals surface area contributed by atoms with Crippen molar-refractivity contribution < 1.29 is 4.79 Å². The lowest BCUT2D eigenvalue weighted by atomic mass is 9.98. The van der Waals surface area contributed by atoms with E-state index >= 15 is 0 Å². The summed E-state index contributed by atoms with van der Waals surface area (Å²) in [5, 5.41) is 2.13. The number of hydrogen-bond acceptors (Lipinski definition) is 4. The first-order valence-electron chi connectivity index (χ1n) is 8.63. The number of benzene rings is 1. The molecule has 4 rings (SSSR count). The average molecular weight is 341 g/mol. The maximum atomic E-state index is 13.1. The third-order valence-corrected chi connectivity index (χ3v) is 6.29. The van der Waals surface area contributed by atoms with Crippen molar-refractivity contribution in [2.75, 3.05) is 23.7 Å². The molecule has 1 aromatic heterocycles. The number of hydrogen-bond donors (Lipinski definition) is 1. The highest BCUT2D eigenvalue weighted by atomic mass is 32.1. The van der Waals surface area contributed by atoms with Crippen molar-refractivity contribution in [3.63, 3.8) is 0 Å². The van der Waals surface area contributed by atoms with Crippen molar-refractivity contribution >= 4 is 28.6 Å². The molecule has 2 N–H and O–H groups in total. The summed E-state index contributed by atoms with van der Waals surface area (Å²) in [6, 6.07) is 8.05. The van der Waals surface area contributed by atoms with Crippen LogP contribution in [0.5, 0.6) is 0 Å². The zero-order chi connectivity index (χ0) is 16.7. The van der Waals surface area contributed by atoms with Gasteiger partial charge in [0.05, 0.1) is 0 Å². The van der Waals surface area contributed by atoms with Crippen LogP contribution in [0.2, 0.25) is 0 Å². The van der Waals surface area contributed by atoms with Crippen molar-refractivity contribution in [3.05, 3.63) is 45.6 Å². The van der Waals surface area contributed by atoms with E-state index in [1.165, 1.54) is 16.0 Å². The Morgan fingerprint density at radius 2 is 2.12 bits per heavy atom. The third kappa shape index (κ3) is 2.57. The normalized spacial score (nSPS) is 18.0. The van der Waals surface area contributed by atoms with Crippen LogP contribution in [0.1, 0.15) is 29.3 Å². The van der Waals surface area contributed by atoms with E-state index in [4.69, 9.17) is 5.73 Å². The number of rotatable bonds is 2. The van der Waals surface area contributed by atoms with Gasteiger partial charge in [0.15, 0.2) is 0 Å². The number of carbonyl (C=O) groups excluding carboxylic acids is 1. The van der Waals surface area contributed by atoms with E-state index in [2.05, 4.69) is 22.4 Å². The van der Waals surface area contributed by atoms with Gasteiger partial charge in [-0.2, -0.15) is 0 Å². The quantitative estimate of drug-likeness (QED) is 0.854. The maximum Gasteiger partial charge on any atom is 0.245 e. The topological polar surface area (TPSA) is 49.6 Å². The molecule has 2 aromatic rings. The molecule has 3 heterocycles. The lowest BCUT2D eigenvalue weighted by Gasteiger charge is -2.39. The molecule has 0 fully saturated rings.